The first kappa shape index (κ1) is 18.0. The molecule has 0 aromatic heterocycles. The predicted molar refractivity (Wildman–Crippen MR) is 105 cm³/mol. The van der Waals surface area contributed by atoms with Crippen LogP contribution in [0, 0.1) is 12.3 Å². The number of rotatable bonds is 6. The van der Waals surface area contributed by atoms with Crippen LogP contribution in [0.15, 0.2) is 54.6 Å². The average molecular weight is 367 g/mol. The maximum Gasteiger partial charge on any atom is 0.258 e. The molecule has 132 valence electrons. The van der Waals surface area contributed by atoms with Crippen molar-refractivity contribution in [3.8, 4) is 5.75 Å². The van der Waals surface area contributed by atoms with Gasteiger partial charge in [-0.2, -0.15) is 0 Å². The summed E-state index contributed by atoms with van der Waals surface area (Å²) in [6.45, 7) is 2.26. The fraction of sp³-hybridized carbons (Fsp3) is 0.143. The van der Waals surface area contributed by atoms with Crippen molar-refractivity contribution < 1.29 is 9.53 Å². The van der Waals surface area contributed by atoms with E-state index in [4.69, 9.17) is 21.7 Å². The molecule has 0 heterocycles. The molecule has 4 nitrogen and oxygen atoms in total. The van der Waals surface area contributed by atoms with E-state index < -0.39 is 0 Å². The van der Waals surface area contributed by atoms with Crippen molar-refractivity contribution in [2.45, 2.75) is 13.5 Å². The summed E-state index contributed by atoms with van der Waals surface area (Å²) in [6, 6.07) is 17.0. The molecule has 0 aliphatic rings. The number of nitrogens with one attached hydrogen (secondary N) is 2. The molecule has 0 spiro atoms. The zero-order valence-electron chi connectivity index (χ0n) is 14.4. The van der Waals surface area contributed by atoms with Gasteiger partial charge >= 0.3 is 0 Å². The SMILES string of the molecule is Cc1ccc(CNC(=O)COc2ccc(C=N)c3ccccc23)cc1Cl. The molecule has 26 heavy (non-hydrogen) atoms. The van der Waals surface area contributed by atoms with Crippen molar-refractivity contribution in [3.05, 3.63) is 76.3 Å². The number of hydrogen-bond donors (Lipinski definition) is 2. The number of ether oxygens (including phenoxy) is 1. The third kappa shape index (κ3) is 4.03. The quantitative estimate of drug-likeness (QED) is 0.631. The van der Waals surface area contributed by atoms with E-state index in [1.807, 2.05) is 55.5 Å². The maximum absolute atomic E-state index is 12.1. The number of amides is 1. The van der Waals surface area contributed by atoms with Crippen molar-refractivity contribution in [3.63, 3.8) is 0 Å². The molecule has 3 aromatic carbocycles. The molecule has 3 aromatic rings. The van der Waals surface area contributed by atoms with Crippen molar-refractivity contribution >= 4 is 34.5 Å². The minimum atomic E-state index is -0.207. The smallest absolute Gasteiger partial charge is 0.258 e. The summed E-state index contributed by atoms with van der Waals surface area (Å²) in [5.74, 6) is 0.418. The van der Waals surface area contributed by atoms with Crippen LogP contribution in [-0.2, 0) is 11.3 Å². The van der Waals surface area contributed by atoms with E-state index in [0.717, 1.165) is 27.5 Å². The number of hydrogen-bond acceptors (Lipinski definition) is 3. The van der Waals surface area contributed by atoms with Gasteiger partial charge < -0.3 is 15.5 Å². The lowest BCUT2D eigenvalue weighted by atomic mass is 10.0. The highest BCUT2D eigenvalue weighted by atomic mass is 35.5. The van der Waals surface area contributed by atoms with Crippen LogP contribution in [-0.4, -0.2) is 18.7 Å². The van der Waals surface area contributed by atoms with E-state index in [2.05, 4.69) is 5.32 Å². The summed E-state index contributed by atoms with van der Waals surface area (Å²) >= 11 is 6.10. The monoisotopic (exact) mass is 366 g/mol. The predicted octanol–water partition coefficient (Wildman–Crippen LogP) is 4.49. The maximum atomic E-state index is 12.1. The molecule has 0 saturated carbocycles. The van der Waals surface area contributed by atoms with E-state index in [1.165, 1.54) is 6.21 Å². The molecule has 3 rings (SSSR count). The Morgan fingerprint density at radius 2 is 1.92 bits per heavy atom. The van der Waals surface area contributed by atoms with Gasteiger partial charge in [0, 0.05) is 28.7 Å². The molecule has 2 N–H and O–H groups in total. The minimum Gasteiger partial charge on any atom is -0.483 e. The first-order valence-electron chi connectivity index (χ1n) is 8.25. The van der Waals surface area contributed by atoms with Gasteiger partial charge in [-0.05, 0) is 41.6 Å². The van der Waals surface area contributed by atoms with Gasteiger partial charge in [0.1, 0.15) is 5.75 Å². The van der Waals surface area contributed by atoms with Crippen LogP contribution in [0.3, 0.4) is 0 Å². The zero-order chi connectivity index (χ0) is 18.5. The van der Waals surface area contributed by atoms with E-state index >= 15 is 0 Å². The van der Waals surface area contributed by atoms with Gasteiger partial charge in [0.25, 0.3) is 5.91 Å². The summed E-state index contributed by atoms with van der Waals surface area (Å²) < 4.78 is 5.70. The summed E-state index contributed by atoms with van der Waals surface area (Å²) in [5.41, 5.74) is 2.76. The number of halogens is 1. The van der Waals surface area contributed by atoms with Crippen molar-refractivity contribution in [1.29, 1.82) is 5.41 Å². The minimum absolute atomic E-state index is 0.0759. The Kier molecular flexibility index (Phi) is 5.54. The van der Waals surface area contributed by atoms with E-state index in [1.54, 1.807) is 6.07 Å². The normalized spacial score (nSPS) is 10.5. The van der Waals surface area contributed by atoms with E-state index in [0.29, 0.717) is 17.3 Å². The molecule has 0 aliphatic heterocycles. The lowest BCUT2D eigenvalue weighted by Gasteiger charge is -2.11. The molecule has 0 unspecified atom stereocenters. The van der Waals surface area contributed by atoms with Gasteiger partial charge in [-0.3, -0.25) is 4.79 Å². The van der Waals surface area contributed by atoms with E-state index in [9.17, 15) is 4.79 Å². The Labute approximate surface area is 157 Å². The van der Waals surface area contributed by atoms with Crippen molar-refractivity contribution in [2.75, 3.05) is 6.61 Å². The first-order chi connectivity index (χ1) is 12.6. The highest BCUT2D eigenvalue weighted by molar-refractivity contribution is 6.31. The summed E-state index contributed by atoms with van der Waals surface area (Å²) in [6.07, 6.45) is 1.31. The lowest BCUT2D eigenvalue weighted by molar-refractivity contribution is -0.123. The molecule has 0 atom stereocenters. The van der Waals surface area contributed by atoms with Gasteiger partial charge in [0.05, 0.1) is 0 Å². The van der Waals surface area contributed by atoms with Crippen LogP contribution in [0.25, 0.3) is 10.8 Å². The lowest BCUT2D eigenvalue weighted by Crippen LogP contribution is -2.28. The summed E-state index contributed by atoms with van der Waals surface area (Å²) in [7, 11) is 0. The van der Waals surface area contributed by atoms with Gasteiger partial charge in [0.15, 0.2) is 6.61 Å². The van der Waals surface area contributed by atoms with Crippen LogP contribution >= 0.6 is 11.6 Å². The molecule has 0 saturated heterocycles. The topological polar surface area (TPSA) is 62.2 Å². The summed E-state index contributed by atoms with van der Waals surface area (Å²) in [5, 5.41) is 12.8. The molecule has 5 heteroatoms. The van der Waals surface area contributed by atoms with Gasteiger partial charge in [-0.15, -0.1) is 0 Å². The second-order valence-corrected chi connectivity index (χ2v) is 6.40. The Morgan fingerprint density at radius 3 is 2.65 bits per heavy atom. The number of carbonyl (C=O) groups is 1. The molecule has 0 aliphatic carbocycles. The van der Waals surface area contributed by atoms with Gasteiger partial charge in [-0.1, -0.05) is 48.0 Å². The Bertz CT molecular complexity index is 969. The van der Waals surface area contributed by atoms with Crippen molar-refractivity contribution in [1.82, 2.24) is 5.32 Å². The largest absolute Gasteiger partial charge is 0.483 e. The van der Waals surface area contributed by atoms with Crippen LogP contribution in [0.5, 0.6) is 5.75 Å². The van der Waals surface area contributed by atoms with Crippen LogP contribution in [0.2, 0.25) is 5.02 Å². The average Bonchev–Trinajstić information content (AvgIpc) is 2.67. The molecular formula is C21H19ClN2O2. The molecule has 0 radical (unpaired) electrons. The second kappa shape index (κ2) is 8.02. The van der Waals surface area contributed by atoms with E-state index in [-0.39, 0.29) is 12.5 Å². The van der Waals surface area contributed by atoms with Crippen LogP contribution in [0.1, 0.15) is 16.7 Å². The Hall–Kier alpha value is -2.85. The Balaban J connectivity index is 1.63. The van der Waals surface area contributed by atoms with Crippen molar-refractivity contribution in [2.24, 2.45) is 0 Å². The fourth-order valence-corrected chi connectivity index (χ4v) is 2.89. The molecule has 0 fully saturated rings. The highest BCUT2D eigenvalue weighted by Gasteiger charge is 2.08. The zero-order valence-corrected chi connectivity index (χ0v) is 15.1. The summed E-state index contributed by atoms with van der Waals surface area (Å²) in [4.78, 5) is 12.1. The van der Waals surface area contributed by atoms with Gasteiger partial charge in [0.2, 0.25) is 0 Å². The number of fused-ring (bicyclic) bond motifs is 1. The third-order valence-corrected chi connectivity index (χ3v) is 4.57. The molecule has 0 bridgehead atoms. The standard InChI is InChI=1S/C21H19ClN2O2/c1-14-6-7-15(10-19(14)22)12-24-21(25)13-26-20-9-8-16(11-23)17-4-2-3-5-18(17)20/h2-11,23H,12-13H2,1H3,(H,24,25). The third-order valence-electron chi connectivity index (χ3n) is 4.16. The fourth-order valence-electron chi connectivity index (χ4n) is 2.69. The van der Waals surface area contributed by atoms with Crippen LogP contribution < -0.4 is 10.1 Å². The number of aryl methyl sites for hydroxylation is 1. The Morgan fingerprint density at radius 1 is 1.15 bits per heavy atom. The highest BCUT2D eigenvalue weighted by Crippen LogP contribution is 2.27. The van der Waals surface area contributed by atoms with Gasteiger partial charge in [-0.25, -0.2) is 0 Å². The molecule has 1 amide bonds. The first-order valence-corrected chi connectivity index (χ1v) is 8.63. The number of benzene rings is 3. The molecular weight excluding hydrogens is 348 g/mol. The number of carbonyl (C=O) groups excluding carboxylic acids is 1. The second-order valence-electron chi connectivity index (χ2n) is 5.99. The van der Waals surface area contributed by atoms with Crippen LogP contribution in [0.4, 0.5) is 0 Å².